The zero-order chi connectivity index (χ0) is 21.1. The van der Waals surface area contributed by atoms with Gasteiger partial charge in [0.15, 0.2) is 11.5 Å². The molecule has 0 amide bonds. The molecule has 3 aromatic carbocycles. The second kappa shape index (κ2) is 8.65. The Balaban J connectivity index is 1.58. The van der Waals surface area contributed by atoms with E-state index in [4.69, 9.17) is 21.1 Å². The average Bonchev–Trinajstić information content (AvgIpc) is 3.11. The molecular formula is C23H15ClFNO3S. The molecule has 7 heteroatoms. The number of thiophene rings is 1. The first-order valence-corrected chi connectivity index (χ1v) is 10.1. The molecule has 0 atom stereocenters. The molecular weight excluding hydrogens is 425 g/mol. The number of fused-ring (bicyclic) bond motifs is 1. The molecule has 0 N–H and O–H groups in total. The minimum absolute atomic E-state index is 0.228. The van der Waals surface area contributed by atoms with Crippen molar-refractivity contribution in [2.24, 2.45) is 4.99 Å². The fraction of sp³-hybridized carbons (Fsp3) is 0.0435. The largest absolute Gasteiger partial charge is 0.493 e. The van der Waals surface area contributed by atoms with E-state index in [-0.39, 0.29) is 11.4 Å². The lowest BCUT2D eigenvalue weighted by Crippen LogP contribution is -2.08. The Bertz CT molecular complexity index is 1270. The Morgan fingerprint density at radius 2 is 1.83 bits per heavy atom. The highest BCUT2D eigenvalue weighted by molar-refractivity contribution is 7.21. The molecule has 1 heterocycles. The van der Waals surface area contributed by atoms with Crippen LogP contribution in [-0.2, 0) is 0 Å². The summed E-state index contributed by atoms with van der Waals surface area (Å²) in [6, 6.07) is 18.7. The lowest BCUT2D eigenvalue weighted by atomic mass is 10.2. The van der Waals surface area contributed by atoms with Crippen molar-refractivity contribution in [2.45, 2.75) is 0 Å². The number of rotatable bonds is 5. The Morgan fingerprint density at radius 3 is 2.60 bits per heavy atom. The summed E-state index contributed by atoms with van der Waals surface area (Å²) in [4.78, 5) is 17.2. The van der Waals surface area contributed by atoms with E-state index < -0.39 is 11.8 Å². The van der Waals surface area contributed by atoms with Gasteiger partial charge in [-0.2, -0.15) is 0 Å². The van der Waals surface area contributed by atoms with E-state index in [0.717, 1.165) is 10.1 Å². The van der Waals surface area contributed by atoms with Crippen molar-refractivity contribution in [1.29, 1.82) is 0 Å². The van der Waals surface area contributed by atoms with E-state index in [1.165, 1.54) is 30.7 Å². The number of ether oxygens (including phenoxy) is 2. The number of hydrogen-bond donors (Lipinski definition) is 0. The molecule has 0 spiro atoms. The molecule has 0 fully saturated rings. The number of esters is 1. The van der Waals surface area contributed by atoms with Crippen LogP contribution < -0.4 is 9.47 Å². The molecule has 1 aromatic heterocycles. The van der Waals surface area contributed by atoms with Crippen molar-refractivity contribution in [3.05, 3.63) is 88.0 Å². The highest BCUT2D eigenvalue weighted by Gasteiger charge is 2.20. The average molecular weight is 440 g/mol. The van der Waals surface area contributed by atoms with E-state index in [1.807, 2.05) is 24.3 Å². The second-order valence-electron chi connectivity index (χ2n) is 6.25. The number of carbonyl (C=O) groups is 1. The Labute approximate surface area is 181 Å². The summed E-state index contributed by atoms with van der Waals surface area (Å²) in [7, 11) is 1.47. The van der Waals surface area contributed by atoms with Crippen LogP contribution in [0.15, 0.2) is 71.7 Å². The fourth-order valence-corrected chi connectivity index (χ4v) is 4.23. The van der Waals surface area contributed by atoms with Gasteiger partial charge in [0.05, 0.1) is 17.8 Å². The van der Waals surface area contributed by atoms with Gasteiger partial charge in [0.25, 0.3) is 0 Å². The van der Waals surface area contributed by atoms with E-state index in [9.17, 15) is 9.18 Å². The van der Waals surface area contributed by atoms with E-state index >= 15 is 0 Å². The molecule has 0 aliphatic rings. The minimum atomic E-state index is -0.563. The van der Waals surface area contributed by atoms with Gasteiger partial charge in [-0.05, 0) is 42.0 Å². The molecule has 0 aliphatic carbocycles. The summed E-state index contributed by atoms with van der Waals surface area (Å²) in [6.07, 6.45) is 1.51. The third kappa shape index (κ3) is 4.06. The Hall–Kier alpha value is -3.22. The van der Waals surface area contributed by atoms with Crippen molar-refractivity contribution in [1.82, 2.24) is 0 Å². The van der Waals surface area contributed by atoms with Crippen molar-refractivity contribution in [3.63, 3.8) is 0 Å². The van der Waals surface area contributed by atoms with Crippen LogP contribution in [-0.4, -0.2) is 19.3 Å². The van der Waals surface area contributed by atoms with Crippen LogP contribution in [0.2, 0.25) is 5.02 Å². The smallest absolute Gasteiger partial charge is 0.355 e. The fourth-order valence-electron chi connectivity index (χ4n) is 2.84. The molecule has 150 valence electrons. The van der Waals surface area contributed by atoms with Gasteiger partial charge < -0.3 is 9.47 Å². The van der Waals surface area contributed by atoms with Crippen molar-refractivity contribution < 1.29 is 18.7 Å². The summed E-state index contributed by atoms with van der Waals surface area (Å²) in [5.41, 5.74) is 0.890. The minimum Gasteiger partial charge on any atom is -0.493 e. The van der Waals surface area contributed by atoms with Crippen molar-refractivity contribution in [3.8, 4) is 11.5 Å². The third-order valence-corrected chi connectivity index (χ3v) is 5.97. The number of halogens is 2. The van der Waals surface area contributed by atoms with Gasteiger partial charge in [-0.25, -0.2) is 9.18 Å². The molecule has 0 saturated carbocycles. The lowest BCUT2D eigenvalue weighted by Gasteiger charge is -2.09. The predicted octanol–water partition coefficient (Wildman–Crippen LogP) is 6.67. The number of carbonyl (C=O) groups excluding carboxylic acids is 1. The molecule has 0 aliphatic heterocycles. The molecule has 30 heavy (non-hydrogen) atoms. The van der Waals surface area contributed by atoms with Crippen molar-refractivity contribution in [2.75, 3.05) is 7.11 Å². The summed E-state index contributed by atoms with van der Waals surface area (Å²) >= 11 is 7.63. The number of hydrogen-bond acceptors (Lipinski definition) is 5. The standard InChI is InChI=1S/C23H15ClFNO3S/c1-28-19-12-14(13-26-17-8-4-3-7-16(17)25)10-11-18(19)29-23(27)22-21(24)15-6-2-5-9-20(15)30-22/h2-13H,1H3. The number of aliphatic imine (C=N–C) groups is 1. The molecule has 0 saturated heterocycles. The van der Waals surface area contributed by atoms with E-state index in [1.54, 1.807) is 36.4 Å². The van der Waals surface area contributed by atoms with Gasteiger partial charge in [-0.3, -0.25) is 4.99 Å². The summed E-state index contributed by atoms with van der Waals surface area (Å²) in [5.74, 6) is -0.379. The zero-order valence-corrected chi connectivity index (χ0v) is 17.3. The van der Waals surface area contributed by atoms with E-state index in [2.05, 4.69) is 4.99 Å². The maximum Gasteiger partial charge on any atom is 0.355 e. The van der Waals surface area contributed by atoms with Crippen LogP contribution in [0.4, 0.5) is 10.1 Å². The quantitative estimate of drug-likeness (QED) is 0.198. The summed E-state index contributed by atoms with van der Waals surface area (Å²) in [5, 5.41) is 1.18. The van der Waals surface area contributed by atoms with E-state index in [0.29, 0.717) is 21.2 Å². The molecule has 0 bridgehead atoms. The van der Waals surface area contributed by atoms with Crippen LogP contribution >= 0.6 is 22.9 Å². The molecule has 0 unspecified atom stereocenters. The Morgan fingerprint density at radius 1 is 1.07 bits per heavy atom. The van der Waals surface area contributed by atoms with Crippen molar-refractivity contribution >= 4 is 50.9 Å². The van der Waals surface area contributed by atoms with Crippen LogP contribution in [0.5, 0.6) is 11.5 Å². The van der Waals surface area contributed by atoms with Crippen LogP contribution in [0.25, 0.3) is 10.1 Å². The van der Waals surface area contributed by atoms with Gasteiger partial charge in [-0.1, -0.05) is 41.9 Å². The number of benzene rings is 3. The van der Waals surface area contributed by atoms with Crippen LogP contribution in [0.3, 0.4) is 0 Å². The number of nitrogens with zero attached hydrogens (tertiary/aromatic N) is 1. The van der Waals surface area contributed by atoms with Crippen LogP contribution in [0, 0.1) is 5.82 Å². The summed E-state index contributed by atoms with van der Waals surface area (Å²) < 4.78 is 25.5. The first-order valence-electron chi connectivity index (χ1n) is 8.92. The lowest BCUT2D eigenvalue weighted by molar-refractivity contribution is 0.0735. The van der Waals surface area contributed by atoms with Gasteiger partial charge in [0.1, 0.15) is 10.7 Å². The monoisotopic (exact) mass is 439 g/mol. The molecule has 4 aromatic rings. The maximum absolute atomic E-state index is 13.7. The SMILES string of the molecule is COc1cc(C=Nc2ccccc2F)ccc1OC(=O)c1sc2ccccc2c1Cl. The normalized spacial score (nSPS) is 11.2. The number of para-hydroxylation sites is 1. The van der Waals surface area contributed by atoms with Gasteiger partial charge in [0.2, 0.25) is 0 Å². The summed E-state index contributed by atoms with van der Waals surface area (Å²) in [6.45, 7) is 0. The molecule has 0 radical (unpaired) electrons. The van der Waals surface area contributed by atoms with Crippen LogP contribution in [0.1, 0.15) is 15.2 Å². The molecule has 4 nitrogen and oxygen atoms in total. The second-order valence-corrected chi connectivity index (χ2v) is 7.68. The maximum atomic E-state index is 13.7. The molecule has 4 rings (SSSR count). The van der Waals surface area contributed by atoms with Gasteiger partial charge in [0, 0.05) is 16.3 Å². The Kier molecular flexibility index (Phi) is 5.79. The highest BCUT2D eigenvalue weighted by Crippen LogP contribution is 2.37. The third-order valence-electron chi connectivity index (χ3n) is 4.32. The first kappa shape index (κ1) is 20.1. The van der Waals surface area contributed by atoms with Gasteiger partial charge >= 0.3 is 5.97 Å². The topological polar surface area (TPSA) is 47.9 Å². The van der Waals surface area contributed by atoms with Gasteiger partial charge in [-0.15, -0.1) is 11.3 Å². The number of methoxy groups -OCH3 is 1. The highest BCUT2D eigenvalue weighted by atomic mass is 35.5. The zero-order valence-electron chi connectivity index (χ0n) is 15.8. The predicted molar refractivity (Wildman–Crippen MR) is 118 cm³/mol. The first-order chi connectivity index (χ1) is 14.6.